The molecule has 4 rings (SSSR count). The van der Waals surface area contributed by atoms with E-state index in [1.165, 1.54) is 44.1 Å². The van der Waals surface area contributed by atoms with Crippen molar-refractivity contribution in [3.63, 3.8) is 0 Å². The standard InChI is InChI=1S/C27H31ClF4O/c1-33-16-17-2-4-18(5-3-17)19-6-8-20(9-7-19)21-10-12-22(13-11-21)23-14-24(29)26(25(30)15-23)27(28,31)32/h10-15,17-20H,2-9,16H2,1H3. The summed E-state index contributed by atoms with van der Waals surface area (Å²) in [6, 6.07) is 9.44. The Balaban J connectivity index is 1.36. The summed E-state index contributed by atoms with van der Waals surface area (Å²) in [6.45, 7) is 0.887. The second-order valence-electron chi connectivity index (χ2n) is 9.78. The van der Waals surface area contributed by atoms with E-state index in [4.69, 9.17) is 16.3 Å². The predicted molar refractivity (Wildman–Crippen MR) is 124 cm³/mol. The van der Waals surface area contributed by atoms with Crippen LogP contribution < -0.4 is 0 Å². The number of halogens is 5. The molecule has 1 nitrogen and oxygen atoms in total. The highest BCUT2D eigenvalue weighted by Crippen LogP contribution is 2.44. The lowest BCUT2D eigenvalue weighted by Crippen LogP contribution is -2.26. The van der Waals surface area contributed by atoms with Crippen LogP contribution >= 0.6 is 11.6 Å². The van der Waals surface area contributed by atoms with Crippen molar-refractivity contribution >= 4 is 11.6 Å². The van der Waals surface area contributed by atoms with Crippen LogP contribution in [0.1, 0.15) is 68.4 Å². The van der Waals surface area contributed by atoms with E-state index in [1.807, 2.05) is 24.3 Å². The van der Waals surface area contributed by atoms with Gasteiger partial charge in [-0.15, -0.1) is 0 Å². The summed E-state index contributed by atoms with van der Waals surface area (Å²) in [5, 5.41) is -4.08. The Bertz CT molecular complexity index is 901. The number of ether oxygens (including phenoxy) is 1. The number of hydrogen-bond acceptors (Lipinski definition) is 1. The Morgan fingerprint density at radius 2 is 1.33 bits per heavy atom. The molecule has 6 heteroatoms. The number of benzene rings is 2. The van der Waals surface area contributed by atoms with Gasteiger partial charge in [-0.05, 0) is 115 Å². The lowest BCUT2D eigenvalue weighted by Gasteiger charge is -2.38. The van der Waals surface area contributed by atoms with Crippen molar-refractivity contribution in [1.29, 1.82) is 0 Å². The van der Waals surface area contributed by atoms with E-state index in [-0.39, 0.29) is 5.56 Å². The molecule has 2 aromatic carbocycles. The minimum atomic E-state index is -4.08. The Kier molecular flexibility index (Phi) is 7.69. The second kappa shape index (κ2) is 10.4. The molecular weight excluding hydrogens is 452 g/mol. The molecule has 0 atom stereocenters. The molecule has 0 amide bonds. The quantitative estimate of drug-likeness (QED) is 0.295. The van der Waals surface area contributed by atoms with Crippen LogP contribution in [0.4, 0.5) is 17.6 Å². The van der Waals surface area contributed by atoms with Gasteiger partial charge in [-0.25, -0.2) is 8.78 Å². The smallest absolute Gasteiger partial charge is 0.353 e. The third-order valence-electron chi connectivity index (χ3n) is 7.77. The van der Waals surface area contributed by atoms with Crippen molar-refractivity contribution in [3.05, 3.63) is 59.2 Å². The highest BCUT2D eigenvalue weighted by molar-refractivity contribution is 6.21. The lowest BCUT2D eigenvalue weighted by atomic mass is 9.68. The molecule has 0 saturated heterocycles. The fraction of sp³-hybridized carbons (Fsp3) is 0.556. The first-order valence-electron chi connectivity index (χ1n) is 11.9. The zero-order valence-corrected chi connectivity index (χ0v) is 19.7. The van der Waals surface area contributed by atoms with E-state index >= 15 is 0 Å². The summed E-state index contributed by atoms with van der Waals surface area (Å²) in [6.07, 6.45) is 10.0. The summed E-state index contributed by atoms with van der Waals surface area (Å²) >= 11 is 4.83. The van der Waals surface area contributed by atoms with Gasteiger partial charge in [0.1, 0.15) is 17.2 Å². The largest absolute Gasteiger partial charge is 0.384 e. The van der Waals surface area contributed by atoms with Gasteiger partial charge in [-0.2, -0.15) is 8.78 Å². The SMILES string of the molecule is COCC1CCC(C2CCC(c3ccc(-c4cc(F)c(C(F)(F)Cl)c(F)c4)cc3)CC2)CC1. The van der Waals surface area contributed by atoms with E-state index in [0.29, 0.717) is 11.5 Å². The third kappa shape index (κ3) is 5.74. The number of rotatable bonds is 6. The fourth-order valence-electron chi connectivity index (χ4n) is 5.94. The molecule has 0 radical (unpaired) electrons. The van der Waals surface area contributed by atoms with Gasteiger partial charge in [0.2, 0.25) is 0 Å². The average Bonchev–Trinajstić information content (AvgIpc) is 2.79. The molecule has 2 saturated carbocycles. The van der Waals surface area contributed by atoms with Gasteiger partial charge in [0.05, 0.1) is 0 Å². The van der Waals surface area contributed by atoms with E-state index in [0.717, 1.165) is 49.3 Å². The normalized spacial score (nSPS) is 26.4. The van der Waals surface area contributed by atoms with E-state index in [2.05, 4.69) is 0 Å². The topological polar surface area (TPSA) is 9.23 Å². The maximum atomic E-state index is 14.1. The van der Waals surface area contributed by atoms with Gasteiger partial charge in [0, 0.05) is 13.7 Å². The predicted octanol–water partition coefficient (Wildman–Crippen LogP) is 8.65. The third-order valence-corrected chi connectivity index (χ3v) is 7.96. The van der Waals surface area contributed by atoms with Crippen LogP contribution in [-0.2, 0) is 10.1 Å². The zero-order valence-electron chi connectivity index (χ0n) is 18.9. The first kappa shape index (κ1) is 24.5. The van der Waals surface area contributed by atoms with Crippen LogP contribution in [0.2, 0.25) is 0 Å². The fourth-order valence-corrected chi connectivity index (χ4v) is 6.12. The Morgan fingerprint density at radius 3 is 1.82 bits per heavy atom. The molecule has 0 spiro atoms. The summed E-state index contributed by atoms with van der Waals surface area (Å²) in [4.78, 5) is 0. The summed E-state index contributed by atoms with van der Waals surface area (Å²) in [5.74, 6) is 0.187. The Hall–Kier alpha value is -1.59. The molecule has 0 N–H and O–H groups in total. The molecule has 180 valence electrons. The maximum Gasteiger partial charge on any atom is 0.353 e. The molecule has 0 heterocycles. The molecule has 0 aromatic heterocycles. The molecular formula is C27H31ClF4O. The average molecular weight is 483 g/mol. The number of methoxy groups -OCH3 is 1. The van der Waals surface area contributed by atoms with Gasteiger partial charge in [0.25, 0.3) is 0 Å². The van der Waals surface area contributed by atoms with Crippen molar-refractivity contribution in [2.75, 3.05) is 13.7 Å². The molecule has 2 aromatic rings. The number of hydrogen-bond donors (Lipinski definition) is 0. The summed E-state index contributed by atoms with van der Waals surface area (Å²) < 4.78 is 60.0. The Morgan fingerprint density at radius 1 is 0.818 bits per heavy atom. The van der Waals surface area contributed by atoms with Crippen molar-refractivity contribution in [1.82, 2.24) is 0 Å². The summed E-state index contributed by atoms with van der Waals surface area (Å²) in [7, 11) is 1.79. The van der Waals surface area contributed by atoms with Gasteiger partial charge in [-0.1, -0.05) is 24.3 Å². The van der Waals surface area contributed by atoms with Crippen LogP contribution in [0.15, 0.2) is 36.4 Å². The lowest BCUT2D eigenvalue weighted by molar-refractivity contribution is 0.0859. The highest BCUT2D eigenvalue weighted by atomic mass is 35.5. The number of alkyl halides is 3. The van der Waals surface area contributed by atoms with Crippen LogP contribution in [0, 0.1) is 29.4 Å². The molecule has 2 aliphatic rings. The monoisotopic (exact) mass is 482 g/mol. The maximum absolute atomic E-state index is 14.1. The van der Waals surface area contributed by atoms with Gasteiger partial charge >= 0.3 is 5.38 Å². The van der Waals surface area contributed by atoms with E-state index in [9.17, 15) is 17.6 Å². The first-order valence-corrected chi connectivity index (χ1v) is 12.3. The molecule has 0 aliphatic heterocycles. The van der Waals surface area contributed by atoms with Crippen molar-refractivity contribution < 1.29 is 22.3 Å². The van der Waals surface area contributed by atoms with E-state index in [1.54, 1.807) is 7.11 Å². The van der Waals surface area contributed by atoms with Crippen molar-refractivity contribution in [3.8, 4) is 11.1 Å². The molecule has 33 heavy (non-hydrogen) atoms. The molecule has 2 fully saturated rings. The summed E-state index contributed by atoms with van der Waals surface area (Å²) in [5.41, 5.74) is 0.621. The minimum absolute atomic E-state index is 0.217. The molecule has 0 unspecified atom stereocenters. The highest BCUT2D eigenvalue weighted by Gasteiger charge is 2.36. The van der Waals surface area contributed by atoms with Crippen molar-refractivity contribution in [2.24, 2.45) is 17.8 Å². The first-order chi connectivity index (χ1) is 15.8. The van der Waals surface area contributed by atoms with Crippen LogP contribution in [0.3, 0.4) is 0 Å². The minimum Gasteiger partial charge on any atom is -0.384 e. The molecule has 0 bridgehead atoms. The van der Waals surface area contributed by atoms with E-state index < -0.39 is 22.6 Å². The van der Waals surface area contributed by atoms with Gasteiger partial charge in [-0.3, -0.25) is 0 Å². The van der Waals surface area contributed by atoms with Crippen LogP contribution in [-0.4, -0.2) is 13.7 Å². The van der Waals surface area contributed by atoms with Gasteiger partial charge < -0.3 is 4.74 Å². The van der Waals surface area contributed by atoms with Crippen LogP contribution in [0.5, 0.6) is 0 Å². The van der Waals surface area contributed by atoms with Gasteiger partial charge in [0.15, 0.2) is 0 Å². The second-order valence-corrected chi connectivity index (χ2v) is 10.3. The molecule has 2 aliphatic carbocycles. The van der Waals surface area contributed by atoms with Crippen LogP contribution in [0.25, 0.3) is 11.1 Å². The van der Waals surface area contributed by atoms with Crippen molar-refractivity contribution in [2.45, 2.75) is 62.7 Å². The zero-order chi connectivity index (χ0) is 23.6. The Labute approximate surface area is 198 Å².